The third kappa shape index (κ3) is 2.35. The normalized spacial score (nSPS) is 35.4. The van der Waals surface area contributed by atoms with Crippen LogP contribution in [0.5, 0.6) is 0 Å². The number of carbonyl (C=O) groups is 2. The Morgan fingerprint density at radius 1 is 1.35 bits per heavy atom. The topological polar surface area (TPSA) is 63.6 Å². The number of aliphatic carboxylic acids is 1. The van der Waals surface area contributed by atoms with Crippen molar-refractivity contribution >= 4 is 11.9 Å². The fourth-order valence-electron chi connectivity index (χ4n) is 3.52. The summed E-state index contributed by atoms with van der Waals surface area (Å²) in [5.74, 6) is -0.172. The van der Waals surface area contributed by atoms with E-state index in [1.807, 2.05) is 0 Å². The molecule has 4 heteroatoms. The lowest BCUT2D eigenvalue weighted by Crippen LogP contribution is -2.29. The van der Waals surface area contributed by atoms with Crippen LogP contribution in [-0.4, -0.2) is 24.2 Å². The van der Waals surface area contributed by atoms with Crippen molar-refractivity contribution in [1.82, 2.24) is 0 Å². The molecule has 0 spiro atoms. The summed E-state index contributed by atoms with van der Waals surface area (Å²) in [5, 5.41) is 9.24. The van der Waals surface area contributed by atoms with Gasteiger partial charge in [0.15, 0.2) is 0 Å². The highest BCUT2D eigenvalue weighted by Gasteiger charge is 2.50. The molecule has 0 aliphatic heterocycles. The number of allylic oxidation sites excluding steroid dienone is 1. The Kier molecular flexibility index (Phi) is 3.50. The molecule has 0 amide bonds. The van der Waals surface area contributed by atoms with Gasteiger partial charge in [-0.3, -0.25) is 4.79 Å². The van der Waals surface area contributed by atoms with Gasteiger partial charge in [0.25, 0.3) is 0 Å². The molecule has 0 radical (unpaired) electrons. The number of carboxylic acid groups (broad SMARTS) is 1. The molecule has 1 N–H and O–H groups in total. The minimum Gasteiger partial charge on any atom is -0.481 e. The van der Waals surface area contributed by atoms with E-state index in [1.54, 1.807) is 6.08 Å². The number of hydrogen-bond acceptors (Lipinski definition) is 3. The molecule has 0 aromatic heterocycles. The Bertz CT molecular complexity index is 347. The van der Waals surface area contributed by atoms with E-state index in [4.69, 9.17) is 0 Å². The molecule has 17 heavy (non-hydrogen) atoms. The standard InChI is InChI=1S/C13H18O4/c1-17-11(14)4-2-3-10-8-5-6-9(7-8)12(10)13(15)16/h2,4,8-10,12H,3,5-7H2,1H3,(H,15,16)/b4-2-/t8-,9+,10+,12-/m0/s1. The predicted octanol–water partition coefficient (Wildman–Crippen LogP) is 1.85. The molecule has 0 aromatic rings. The Hall–Kier alpha value is -1.32. The van der Waals surface area contributed by atoms with Gasteiger partial charge in [0.1, 0.15) is 0 Å². The third-order valence-electron chi connectivity index (χ3n) is 4.24. The van der Waals surface area contributed by atoms with Gasteiger partial charge >= 0.3 is 11.9 Å². The van der Waals surface area contributed by atoms with E-state index in [0.29, 0.717) is 18.3 Å². The number of methoxy groups -OCH3 is 1. The monoisotopic (exact) mass is 238 g/mol. The molecule has 2 bridgehead atoms. The number of fused-ring (bicyclic) bond motifs is 2. The highest BCUT2D eigenvalue weighted by Crippen LogP contribution is 2.53. The minimum atomic E-state index is -0.673. The molecule has 94 valence electrons. The molecule has 2 aliphatic carbocycles. The van der Waals surface area contributed by atoms with Gasteiger partial charge in [0.2, 0.25) is 0 Å². The molecule has 2 rings (SSSR count). The highest BCUT2D eigenvalue weighted by molar-refractivity contribution is 5.81. The number of ether oxygens (including phenoxy) is 1. The molecule has 4 atom stereocenters. The van der Waals surface area contributed by atoms with Crippen molar-refractivity contribution in [2.45, 2.75) is 25.7 Å². The largest absolute Gasteiger partial charge is 0.481 e. The van der Waals surface area contributed by atoms with Crippen molar-refractivity contribution in [3.63, 3.8) is 0 Å². The van der Waals surface area contributed by atoms with Gasteiger partial charge in [-0.2, -0.15) is 0 Å². The predicted molar refractivity (Wildman–Crippen MR) is 61.2 cm³/mol. The van der Waals surface area contributed by atoms with Gasteiger partial charge in [-0.05, 0) is 43.4 Å². The van der Waals surface area contributed by atoms with E-state index < -0.39 is 5.97 Å². The van der Waals surface area contributed by atoms with Crippen LogP contribution in [0, 0.1) is 23.7 Å². The maximum absolute atomic E-state index is 11.2. The molecule has 2 fully saturated rings. The summed E-state index contributed by atoms with van der Waals surface area (Å²) in [4.78, 5) is 22.2. The average Bonchev–Trinajstić information content (AvgIpc) is 2.88. The first-order valence-corrected chi connectivity index (χ1v) is 6.10. The van der Waals surface area contributed by atoms with Crippen molar-refractivity contribution in [2.75, 3.05) is 7.11 Å². The summed E-state index contributed by atoms with van der Waals surface area (Å²) in [5.41, 5.74) is 0. The first kappa shape index (κ1) is 12.1. The van der Waals surface area contributed by atoms with E-state index in [0.717, 1.165) is 19.3 Å². The van der Waals surface area contributed by atoms with E-state index in [1.165, 1.54) is 13.2 Å². The van der Waals surface area contributed by atoms with Crippen LogP contribution in [0.15, 0.2) is 12.2 Å². The van der Waals surface area contributed by atoms with Crippen molar-refractivity contribution in [1.29, 1.82) is 0 Å². The van der Waals surface area contributed by atoms with Crippen molar-refractivity contribution < 1.29 is 19.4 Å². The molecule has 2 saturated carbocycles. The Morgan fingerprint density at radius 2 is 2.06 bits per heavy atom. The van der Waals surface area contributed by atoms with Gasteiger partial charge < -0.3 is 9.84 Å². The highest BCUT2D eigenvalue weighted by atomic mass is 16.5. The summed E-state index contributed by atoms with van der Waals surface area (Å²) < 4.78 is 4.51. The first-order valence-electron chi connectivity index (χ1n) is 6.10. The zero-order valence-corrected chi connectivity index (χ0v) is 9.96. The van der Waals surface area contributed by atoms with Crippen molar-refractivity contribution in [3.05, 3.63) is 12.2 Å². The maximum atomic E-state index is 11.2. The van der Waals surface area contributed by atoms with Gasteiger partial charge in [-0.25, -0.2) is 4.79 Å². The van der Waals surface area contributed by atoms with Gasteiger partial charge in [-0.1, -0.05) is 6.08 Å². The van der Waals surface area contributed by atoms with Crippen LogP contribution in [0.2, 0.25) is 0 Å². The van der Waals surface area contributed by atoms with E-state index in [2.05, 4.69) is 4.74 Å². The van der Waals surface area contributed by atoms with Crippen molar-refractivity contribution in [3.8, 4) is 0 Å². The lowest BCUT2D eigenvalue weighted by Gasteiger charge is -2.26. The van der Waals surface area contributed by atoms with Gasteiger partial charge in [0.05, 0.1) is 13.0 Å². The summed E-state index contributed by atoms with van der Waals surface area (Å²) in [6.45, 7) is 0. The maximum Gasteiger partial charge on any atom is 0.330 e. The van der Waals surface area contributed by atoms with Gasteiger partial charge in [0, 0.05) is 6.08 Å². The Morgan fingerprint density at radius 3 is 2.71 bits per heavy atom. The summed E-state index contributed by atoms with van der Waals surface area (Å²) in [6, 6.07) is 0. The van der Waals surface area contributed by atoms with Crippen LogP contribution in [0.4, 0.5) is 0 Å². The van der Waals surface area contributed by atoms with Crippen LogP contribution in [0.25, 0.3) is 0 Å². The number of carboxylic acids is 1. The second-order valence-corrected chi connectivity index (χ2v) is 5.02. The van der Waals surface area contributed by atoms with Crippen molar-refractivity contribution in [2.24, 2.45) is 23.7 Å². The fraction of sp³-hybridized carbons (Fsp3) is 0.692. The minimum absolute atomic E-state index is 0.201. The quantitative estimate of drug-likeness (QED) is 0.599. The SMILES string of the molecule is COC(=O)/C=C\C[C@@H]1[C@H]2CC[C@H](C2)[C@@H]1C(=O)O. The molecular weight excluding hydrogens is 220 g/mol. The Balaban J connectivity index is 1.97. The van der Waals surface area contributed by atoms with E-state index >= 15 is 0 Å². The van der Waals surface area contributed by atoms with E-state index in [9.17, 15) is 14.7 Å². The van der Waals surface area contributed by atoms with Crippen LogP contribution in [-0.2, 0) is 14.3 Å². The number of rotatable bonds is 4. The molecule has 4 nitrogen and oxygen atoms in total. The summed E-state index contributed by atoms with van der Waals surface area (Å²) >= 11 is 0. The second kappa shape index (κ2) is 4.90. The average molecular weight is 238 g/mol. The third-order valence-corrected chi connectivity index (χ3v) is 4.24. The lowest BCUT2D eigenvalue weighted by atomic mass is 9.77. The zero-order valence-electron chi connectivity index (χ0n) is 9.96. The fourth-order valence-corrected chi connectivity index (χ4v) is 3.52. The smallest absolute Gasteiger partial charge is 0.330 e. The molecular formula is C13H18O4. The molecule has 0 unspecified atom stereocenters. The molecule has 0 heterocycles. The van der Waals surface area contributed by atoms with Crippen LogP contribution in [0.3, 0.4) is 0 Å². The molecule has 0 aromatic carbocycles. The van der Waals surface area contributed by atoms with Crippen LogP contribution < -0.4 is 0 Å². The second-order valence-electron chi connectivity index (χ2n) is 5.02. The first-order chi connectivity index (χ1) is 8.13. The number of esters is 1. The van der Waals surface area contributed by atoms with Gasteiger partial charge in [-0.15, -0.1) is 0 Å². The molecule has 0 saturated heterocycles. The zero-order chi connectivity index (χ0) is 12.4. The number of carbonyl (C=O) groups excluding carboxylic acids is 1. The number of hydrogen-bond donors (Lipinski definition) is 1. The van der Waals surface area contributed by atoms with Crippen LogP contribution in [0.1, 0.15) is 25.7 Å². The summed E-state index contributed by atoms with van der Waals surface area (Å²) in [6.07, 6.45) is 7.07. The molecule has 2 aliphatic rings. The Labute approximate surface area is 101 Å². The van der Waals surface area contributed by atoms with Crippen LogP contribution >= 0.6 is 0 Å². The van der Waals surface area contributed by atoms with E-state index in [-0.39, 0.29) is 17.8 Å². The summed E-state index contributed by atoms with van der Waals surface area (Å²) in [7, 11) is 1.34. The lowest BCUT2D eigenvalue weighted by molar-refractivity contribution is -0.145.